The number of aromatic nitrogens is 1. The van der Waals surface area contributed by atoms with Crippen LogP contribution in [0.5, 0.6) is 5.88 Å². The standard InChI is InChI=1S/C17H18F3N3O2S/c18-17(19,20)12-25-15-14(4-1-5-21-15)16(24)23-8-6-22(7-9-23)11-13-3-2-10-26-13/h1-5,10H,6-9,11-12H2. The molecule has 0 radical (unpaired) electrons. The Hall–Kier alpha value is -2.13. The molecule has 5 nitrogen and oxygen atoms in total. The predicted molar refractivity (Wildman–Crippen MR) is 91.3 cm³/mol. The summed E-state index contributed by atoms with van der Waals surface area (Å²) in [6, 6.07) is 7.03. The van der Waals surface area contributed by atoms with Crippen LogP contribution in [0.15, 0.2) is 35.8 Å². The number of ether oxygens (including phenoxy) is 1. The number of carbonyl (C=O) groups is 1. The number of piperazine rings is 1. The van der Waals surface area contributed by atoms with Crippen LogP contribution in [0, 0.1) is 0 Å². The van der Waals surface area contributed by atoms with Gasteiger partial charge in [-0.1, -0.05) is 6.07 Å². The Kier molecular flexibility index (Phi) is 5.77. The van der Waals surface area contributed by atoms with Gasteiger partial charge in [0.15, 0.2) is 6.61 Å². The molecule has 140 valence electrons. The van der Waals surface area contributed by atoms with Gasteiger partial charge in [0, 0.05) is 43.8 Å². The largest absolute Gasteiger partial charge is 0.467 e. The van der Waals surface area contributed by atoms with Crippen molar-refractivity contribution in [2.75, 3.05) is 32.8 Å². The van der Waals surface area contributed by atoms with Gasteiger partial charge >= 0.3 is 6.18 Å². The van der Waals surface area contributed by atoms with Crippen molar-refractivity contribution in [3.63, 3.8) is 0 Å². The molecule has 0 unspecified atom stereocenters. The molecule has 0 saturated carbocycles. The molecular formula is C17H18F3N3O2S. The van der Waals surface area contributed by atoms with Crippen molar-refractivity contribution < 1.29 is 22.7 Å². The summed E-state index contributed by atoms with van der Waals surface area (Å²) >= 11 is 1.69. The fourth-order valence-corrected chi connectivity index (χ4v) is 3.47. The summed E-state index contributed by atoms with van der Waals surface area (Å²) in [6.45, 7) is 1.81. The van der Waals surface area contributed by atoms with Gasteiger partial charge in [-0.25, -0.2) is 4.98 Å². The molecule has 0 bridgehead atoms. The lowest BCUT2D eigenvalue weighted by atomic mass is 10.2. The molecule has 0 aromatic carbocycles. The molecule has 1 aliphatic rings. The van der Waals surface area contributed by atoms with E-state index in [0.29, 0.717) is 26.2 Å². The van der Waals surface area contributed by atoms with Crippen LogP contribution in [0.3, 0.4) is 0 Å². The highest BCUT2D eigenvalue weighted by atomic mass is 32.1. The molecular weight excluding hydrogens is 367 g/mol. The number of thiophene rings is 1. The zero-order valence-electron chi connectivity index (χ0n) is 13.9. The second-order valence-corrected chi connectivity index (χ2v) is 6.94. The monoisotopic (exact) mass is 385 g/mol. The van der Waals surface area contributed by atoms with Crippen molar-refractivity contribution in [1.29, 1.82) is 0 Å². The molecule has 0 aliphatic carbocycles. The molecule has 26 heavy (non-hydrogen) atoms. The van der Waals surface area contributed by atoms with Crippen LogP contribution in [-0.4, -0.2) is 59.7 Å². The number of hydrogen-bond acceptors (Lipinski definition) is 5. The third-order valence-corrected chi connectivity index (χ3v) is 4.85. The number of hydrogen-bond donors (Lipinski definition) is 0. The number of alkyl halides is 3. The lowest BCUT2D eigenvalue weighted by Crippen LogP contribution is -2.48. The van der Waals surface area contributed by atoms with Crippen molar-refractivity contribution in [3.8, 4) is 5.88 Å². The number of nitrogens with zero attached hydrogens (tertiary/aromatic N) is 3. The lowest BCUT2D eigenvalue weighted by Gasteiger charge is -2.34. The van der Waals surface area contributed by atoms with E-state index < -0.39 is 12.8 Å². The van der Waals surface area contributed by atoms with Crippen LogP contribution >= 0.6 is 11.3 Å². The SMILES string of the molecule is O=C(c1cccnc1OCC(F)(F)F)N1CCN(Cc2cccs2)CC1. The second-order valence-electron chi connectivity index (χ2n) is 5.91. The molecule has 1 fully saturated rings. The van der Waals surface area contributed by atoms with Gasteiger partial charge in [-0.2, -0.15) is 13.2 Å². The van der Waals surface area contributed by atoms with Crippen molar-refractivity contribution in [1.82, 2.24) is 14.8 Å². The van der Waals surface area contributed by atoms with E-state index in [-0.39, 0.29) is 17.4 Å². The predicted octanol–water partition coefficient (Wildman–Crippen LogP) is 3.04. The summed E-state index contributed by atoms with van der Waals surface area (Å²) in [7, 11) is 0. The average Bonchev–Trinajstić information content (AvgIpc) is 3.13. The second kappa shape index (κ2) is 8.05. The topological polar surface area (TPSA) is 45.7 Å². The van der Waals surface area contributed by atoms with Crippen LogP contribution in [-0.2, 0) is 6.54 Å². The lowest BCUT2D eigenvalue weighted by molar-refractivity contribution is -0.154. The van der Waals surface area contributed by atoms with Crippen molar-refractivity contribution in [3.05, 3.63) is 46.3 Å². The Morgan fingerprint density at radius 1 is 1.19 bits per heavy atom. The maximum Gasteiger partial charge on any atom is 0.422 e. The summed E-state index contributed by atoms with van der Waals surface area (Å²) in [5.74, 6) is -0.637. The van der Waals surface area contributed by atoms with Crippen LogP contribution < -0.4 is 4.74 Å². The molecule has 1 aliphatic heterocycles. The highest BCUT2D eigenvalue weighted by molar-refractivity contribution is 7.09. The summed E-state index contributed by atoms with van der Waals surface area (Å²) in [5, 5.41) is 2.03. The first-order chi connectivity index (χ1) is 12.4. The molecule has 0 N–H and O–H groups in total. The van der Waals surface area contributed by atoms with E-state index in [2.05, 4.69) is 16.0 Å². The van der Waals surface area contributed by atoms with Gasteiger partial charge in [-0.05, 0) is 23.6 Å². The fraction of sp³-hybridized carbons (Fsp3) is 0.412. The summed E-state index contributed by atoms with van der Waals surface area (Å²) in [6.07, 6.45) is -3.17. The molecule has 3 heterocycles. The van der Waals surface area contributed by atoms with E-state index in [9.17, 15) is 18.0 Å². The van der Waals surface area contributed by atoms with Crippen LogP contribution in [0.4, 0.5) is 13.2 Å². The average molecular weight is 385 g/mol. The normalized spacial score (nSPS) is 15.9. The van der Waals surface area contributed by atoms with E-state index in [1.54, 1.807) is 16.2 Å². The third kappa shape index (κ3) is 4.95. The smallest absolute Gasteiger partial charge is 0.422 e. The van der Waals surface area contributed by atoms with Gasteiger partial charge < -0.3 is 9.64 Å². The van der Waals surface area contributed by atoms with Crippen LogP contribution in [0.2, 0.25) is 0 Å². The first-order valence-corrected chi connectivity index (χ1v) is 8.99. The van der Waals surface area contributed by atoms with E-state index in [4.69, 9.17) is 4.74 Å². The molecule has 0 atom stereocenters. The Bertz CT molecular complexity index is 729. The minimum absolute atomic E-state index is 0.0588. The summed E-state index contributed by atoms with van der Waals surface area (Å²) in [5.41, 5.74) is 0.0588. The van der Waals surface area contributed by atoms with Gasteiger partial charge in [0.05, 0.1) is 0 Å². The van der Waals surface area contributed by atoms with Gasteiger partial charge in [0.25, 0.3) is 5.91 Å². The maximum absolute atomic E-state index is 12.7. The van der Waals surface area contributed by atoms with Gasteiger partial charge in [0.1, 0.15) is 5.56 Å². The van der Waals surface area contributed by atoms with Gasteiger partial charge in [-0.15, -0.1) is 11.3 Å². The highest BCUT2D eigenvalue weighted by Crippen LogP contribution is 2.22. The first kappa shape index (κ1) is 18.7. The minimum Gasteiger partial charge on any atom is -0.467 e. The van der Waals surface area contributed by atoms with Crippen molar-refractivity contribution >= 4 is 17.2 Å². The minimum atomic E-state index is -4.48. The molecule has 1 amide bonds. The quantitative estimate of drug-likeness (QED) is 0.794. The number of pyridine rings is 1. The molecule has 2 aromatic rings. The Morgan fingerprint density at radius 3 is 2.62 bits per heavy atom. The van der Waals surface area contributed by atoms with Crippen LogP contribution in [0.25, 0.3) is 0 Å². The maximum atomic E-state index is 12.7. The number of halogens is 3. The Balaban J connectivity index is 1.60. The van der Waals surface area contributed by atoms with Gasteiger partial charge in [0.2, 0.25) is 5.88 Å². The molecule has 1 saturated heterocycles. The molecule has 3 rings (SSSR count). The van der Waals surface area contributed by atoms with Crippen molar-refractivity contribution in [2.24, 2.45) is 0 Å². The number of amides is 1. The molecule has 2 aromatic heterocycles. The Morgan fingerprint density at radius 2 is 1.96 bits per heavy atom. The third-order valence-electron chi connectivity index (χ3n) is 3.99. The number of rotatable bonds is 5. The Labute approximate surface area is 153 Å². The van der Waals surface area contributed by atoms with E-state index >= 15 is 0 Å². The number of carbonyl (C=O) groups excluding carboxylic acids is 1. The first-order valence-electron chi connectivity index (χ1n) is 8.11. The van der Waals surface area contributed by atoms with E-state index in [0.717, 1.165) is 6.54 Å². The van der Waals surface area contributed by atoms with Gasteiger partial charge in [-0.3, -0.25) is 9.69 Å². The fourth-order valence-electron chi connectivity index (χ4n) is 2.72. The summed E-state index contributed by atoms with van der Waals surface area (Å²) < 4.78 is 41.8. The van der Waals surface area contributed by atoms with Crippen LogP contribution in [0.1, 0.15) is 15.2 Å². The summed E-state index contributed by atoms with van der Waals surface area (Å²) in [4.78, 5) is 21.6. The zero-order chi connectivity index (χ0) is 18.6. The van der Waals surface area contributed by atoms with Crippen molar-refractivity contribution in [2.45, 2.75) is 12.7 Å². The van der Waals surface area contributed by atoms with E-state index in [1.807, 2.05) is 11.4 Å². The highest BCUT2D eigenvalue weighted by Gasteiger charge is 2.30. The molecule has 0 spiro atoms. The zero-order valence-corrected chi connectivity index (χ0v) is 14.7. The molecule has 9 heteroatoms. The van der Waals surface area contributed by atoms with E-state index in [1.165, 1.54) is 23.2 Å².